The fourth-order valence-electron chi connectivity index (χ4n) is 6.92. The molecule has 11 nitrogen and oxygen atoms in total. The lowest BCUT2D eigenvalue weighted by molar-refractivity contribution is -0.174. The van der Waals surface area contributed by atoms with E-state index < -0.39 is 36.7 Å². The molecule has 0 unspecified atom stereocenters. The first-order valence-corrected chi connectivity index (χ1v) is 20.7. The van der Waals surface area contributed by atoms with Crippen LogP contribution in [0.3, 0.4) is 0 Å². The highest BCUT2D eigenvalue weighted by atomic mass is 16.6. The van der Waals surface area contributed by atoms with Crippen LogP contribution in [-0.2, 0) is 50.2 Å². The summed E-state index contributed by atoms with van der Waals surface area (Å²) in [6, 6.07) is 48.2. The standard InChI is InChI=1S/C51H50O11/c1-2-55-27-28-56-50-48-44(60-35-39-21-13-6-14-22-39)30-41(57-32-36-15-7-3-8-16-36)31-45(48)61-49(51(50)62-47(54)26-25-46(52)53)40-23-24-42(58-33-37-17-9-4-10-18-37)43(29-40)59-34-38-19-11-5-12-20-38/h3-24,29-31,49-51H,2,25-28,32-35H2,1H3,(H,52,53)/t49-,50+,51-/m1/s1. The minimum absolute atomic E-state index is 0.135. The van der Waals surface area contributed by atoms with Gasteiger partial charge in [-0.15, -0.1) is 0 Å². The van der Waals surface area contributed by atoms with Crippen molar-refractivity contribution in [3.05, 3.63) is 185 Å². The van der Waals surface area contributed by atoms with Crippen LogP contribution in [0.1, 0.15) is 65.4 Å². The molecular weight excluding hydrogens is 789 g/mol. The number of carbonyl (C=O) groups excluding carboxylic acids is 1. The summed E-state index contributed by atoms with van der Waals surface area (Å²) >= 11 is 0. The van der Waals surface area contributed by atoms with Crippen molar-refractivity contribution in [3.8, 4) is 28.7 Å². The minimum Gasteiger partial charge on any atom is -0.489 e. The second-order valence-electron chi connectivity index (χ2n) is 14.5. The number of carboxylic acids is 1. The van der Waals surface area contributed by atoms with Gasteiger partial charge in [-0.25, -0.2) is 0 Å². The third kappa shape index (κ3) is 12.1. The molecule has 3 atom stereocenters. The van der Waals surface area contributed by atoms with E-state index in [4.69, 9.17) is 37.9 Å². The molecule has 1 N–H and O–H groups in total. The van der Waals surface area contributed by atoms with E-state index in [1.807, 2.05) is 140 Å². The Balaban J connectivity index is 1.31. The molecule has 7 rings (SSSR count). The fraction of sp³-hybridized carbons (Fsp3) is 0.255. The van der Waals surface area contributed by atoms with Gasteiger partial charge in [0.05, 0.1) is 31.6 Å². The zero-order chi connectivity index (χ0) is 42.9. The van der Waals surface area contributed by atoms with Gasteiger partial charge in [-0.3, -0.25) is 9.59 Å². The third-order valence-corrected chi connectivity index (χ3v) is 10.0. The van der Waals surface area contributed by atoms with Gasteiger partial charge in [0.15, 0.2) is 23.7 Å². The largest absolute Gasteiger partial charge is 0.489 e. The maximum Gasteiger partial charge on any atom is 0.306 e. The Morgan fingerprint density at radius 1 is 0.581 bits per heavy atom. The number of fused-ring (bicyclic) bond motifs is 1. The van der Waals surface area contributed by atoms with Crippen LogP contribution in [0.2, 0.25) is 0 Å². The maximum absolute atomic E-state index is 13.6. The van der Waals surface area contributed by atoms with Crippen LogP contribution in [0.5, 0.6) is 28.7 Å². The number of hydrogen-bond donors (Lipinski definition) is 1. The Morgan fingerprint density at radius 3 is 1.66 bits per heavy atom. The number of esters is 1. The number of carbonyl (C=O) groups is 2. The molecule has 0 radical (unpaired) electrons. The van der Waals surface area contributed by atoms with Gasteiger partial charge in [-0.05, 0) is 41.3 Å². The Bertz CT molecular complexity index is 2320. The number of rotatable bonds is 22. The third-order valence-electron chi connectivity index (χ3n) is 10.0. The molecule has 11 heteroatoms. The molecule has 62 heavy (non-hydrogen) atoms. The van der Waals surface area contributed by atoms with Gasteiger partial charge in [0.1, 0.15) is 49.8 Å². The molecule has 0 aliphatic carbocycles. The predicted molar refractivity (Wildman–Crippen MR) is 231 cm³/mol. The van der Waals surface area contributed by atoms with Crippen LogP contribution in [-0.4, -0.2) is 43.0 Å². The van der Waals surface area contributed by atoms with Crippen LogP contribution in [0, 0.1) is 0 Å². The topological polar surface area (TPSA) is 128 Å². The SMILES string of the molecule is CCOCCO[C@H]1c2c(OCc3ccccc3)cc(OCc3ccccc3)cc2O[C@H](c2ccc(OCc3ccccc3)c(OCc3ccccc3)c2)[C@H]1OC(=O)CCC(=O)O. The molecule has 1 aliphatic rings. The normalized spacial score (nSPS) is 15.4. The summed E-state index contributed by atoms with van der Waals surface area (Å²) in [5.41, 5.74) is 4.92. The van der Waals surface area contributed by atoms with Gasteiger partial charge in [0, 0.05) is 24.3 Å². The van der Waals surface area contributed by atoms with E-state index in [2.05, 4.69) is 0 Å². The molecule has 0 spiro atoms. The Hall–Kier alpha value is -6.82. The van der Waals surface area contributed by atoms with Crippen molar-refractivity contribution >= 4 is 11.9 Å². The van der Waals surface area contributed by atoms with Crippen LogP contribution in [0.4, 0.5) is 0 Å². The quantitative estimate of drug-likeness (QED) is 0.0518. The highest BCUT2D eigenvalue weighted by Crippen LogP contribution is 2.51. The molecule has 0 saturated heterocycles. The van der Waals surface area contributed by atoms with Gasteiger partial charge in [-0.2, -0.15) is 0 Å². The summed E-state index contributed by atoms with van der Waals surface area (Å²) in [6.45, 7) is 3.80. The number of ether oxygens (including phenoxy) is 8. The molecule has 1 aliphatic heterocycles. The monoisotopic (exact) mass is 838 g/mol. The van der Waals surface area contributed by atoms with Crippen molar-refractivity contribution in [3.63, 3.8) is 0 Å². The van der Waals surface area contributed by atoms with Crippen molar-refractivity contribution in [1.29, 1.82) is 0 Å². The van der Waals surface area contributed by atoms with Crippen LogP contribution in [0.15, 0.2) is 152 Å². The molecule has 6 aromatic carbocycles. The van der Waals surface area contributed by atoms with E-state index in [0.717, 1.165) is 22.3 Å². The maximum atomic E-state index is 13.6. The predicted octanol–water partition coefficient (Wildman–Crippen LogP) is 10.0. The number of hydrogen-bond acceptors (Lipinski definition) is 10. The average molecular weight is 839 g/mol. The van der Waals surface area contributed by atoms with Crippen molar-refractivity contribution in [2.45, 2.75) is 64.5 Å². The van der Waals surface area contributed by atoms with Crippen LogP contribution in [0.25, 0.3) is 0 Å². The van der Waals surface area contributed by atoms with E-state index in [9.17, 15) is 14.7 Å². The van der Waals surface area contributed by atoms with E-state index in [0.29, 0.717) is 53.1 Å². The highest BCUT2D eigenvalue weighted by molar-refractivity contribution is 5.76. The lowest BCUT2D eigenvalue weighted by Gasteiger charge is -2.40. The Kier molecular flexibility index (Phi) is 15.5. The Labute approximate surface area is 361 Å². The molecule has 320 valence electrons. The first-order chi connectivity index (χ1) is 30.4. The van der Waals surface area contributed by atoms with E-state index in [1.54, 1.807) is 18.2 Å². The molecule has 1 heterocycles. The number of aliphatic carboxylic acids is 1. The van der Waals surface area contributed by atoms with E-state index >= 15 is 0 Å². The van der Waals surface area contributed by atoms with Gasteiger partial charge in [0.25, 0.3) is 0 Å². The van der Waals surface area contributed by atoms with Crippen molar-refractivity contribution < 1.29 is 52.6 Å². The van der Waals surface area contributed by atoms with Crippen LogP contribution >= 0.6 is 0 Å². The van der Waals surface area contributed by atoms with Crippen molar-refractivity contribution in [2.24, 2.45) is 0 Å². The second kappa shape index (κ2) is 22.1. The van der Waals surface area contributed by atoms with Crippen molar-refractivity contribution in [2.75, 3.05) is 19.8 Å². The lowest BCUT2D eigenvalue weighted by atomic mass is 9.90. The average Bonchev–Trinajstić information content (AvgIpc) is 3.31. The van der Waals surface area contributed by atoms with Crippen molar-refractivity contribution in [1.82, 2.24) is 0 Å². The molecule has 0 saturated carbocycles. The zero-order valence-corrected chi connectivity index (χ0v) is 34.6. The van der Waals surface area contributed by atoms with Crippen LogP contribution < -0.4 is 23.7 Å². The minimum atomic E-state index is -1.13. The summed E-state index contributed by atoms with van der Waals surface area (Å²) in [5.74, 6) is 0.350. The first-order valence-electron chi connectivity index (χ1n) is 20.7. The lowest BCUT2D eigenvalue weighted by Crippen LogP contribution is -2.40. The number of carboxylic acid groups (broad SMARTS) is 1. The van der Waals surface area contributed by atoms with E-state index in [-0.39, 0.29) is 39.5 Å². The number of benzene rings is 6. The molecular formula is C51H50O11. The highest BCUT2D eigenvalue weighted by Gasteiger charge is 2.45. The van der Waals surface area contributed by atoms with Gasteiger partial charge in [-0.1, -0.05) is 127 Å². The summed E-state index contributed by atoms with van der Waals surface area (Å²) in [7, 11) is 0. The van der Waals surface area contributed by atoms with Gasteiger partial charge in [0.2, 0.25) is 0 Å². The summed E-state index contributed by atoms with van der Waals surface area (Å²) in [5, 5.41) is 9.46. The zero-order valence-electron chi connectivity index (χ0n) is 34.6. The summed E-state index contributed by atoms with van der Waals surface area (Å²) in [4.78, 5) is 25.2. The first kappa shape index (κ1) is 43.3. The smallest absolute Gasteiger partial charge is 0.306 e. The van der Waals surface area contributed by atoms with Gasteiger partial charge < -0.3 is 43.0 Å². The molecule has 0 bridgehead atoms. The van der Waals surface area contributed by atoms with Gasteiger partial charge >= 0.3 is 11.9 Å². The molecule has 6 aromatic rings. The Morgan fingerprint density at radius 2 is 1.11 bits per heavy atom. The summed E-state index contributed by atoms with van der Waals surface area (Å²) in [6.07, 6.45) is -3.85. The summed E-state index contributed by atoms with van der Waals surface area (Å²) < 4.78 is 51.2. The fourth-order valence-corrected chi connectivity index (χ4v) is 6.92. The molecule has 0 fully saturated rings. The van der Waals surface area contributed by atoms with E-state index in [1.165, 1.54) is 0 Å². The molecule has 0 amide bonds. The second-order valence-corrected chi connectivity index (χ2v) is 14.5. The molecule has 0 aromatic heterocycles.